The van der Waals surface area contributed by atoms with Gasteiger partial charge in [0, 0.05) is 20.2 Å². The van der Waals surface area contributed by atoms with Gasteiger partial charge in [0.1, 0.15) is 0 Å². The van der Waals surface area contributed by atoms with Gasteiger partial charge in [-0.25, -0.2) is 0 Å². The molecule has 0 radical (unpaired) electrons. The van der Waals surface area contributed by atoms with Gasteiger partial charge in [0.05, 0.1) is 25.4 Å². The van der Waals surface area contributed by atoms with Gasteiger partial charge in [0.2, 0.25) is 0 Å². The van der Waals surface area contributed by atoms with Crippen LogP contribution in [0.1, 0.15) is 20.3 Å². The van der Waals surface area contributed by atoms with Crippen molar-refractivity contribution in [1.29, 1.82) is 0 Å². The summed E-state index contributed by atoms with van der Waals surface area (Å²) in [5.41, 5.74) is 0. The number of hydrogen-bond acceptors (Lipinski definition) is 4. The van der Waals surface area contributed by atoms with Crippen LogP contribution in [0.3, 0.4) is 0 Å². The summed E-state index contributed by atoms with van der Waals surface area (Å²) < 4.78 is 10.5. The summed E-state index contributed by atoms with van der Waals surface area (Å²) in [6.07, 6.45) is 0.971. The SMILES string of the molecule is COCC(C)OCC(O)CN(C)CC1CC1C. The summed E-state index contributed by atoms with van der Waals surface area (Å²) in [5, 5.41) is 9.83. The molecule has 0 amide bonds. The fourth-order valence-corrected chi connectivity index (χ4v) is 2.10. The highest BCUT2D eigenvalue weighted by Gasteiger charge is 2.33. The van der Waals surface area contributed by atoms with E-state index in [2.05, 4.69) is 18.9 Å². The lowest BCUT2D eigenvalue weighted by atomic mass is 10.3. The molecule has 4 atom stereocenters. The molecule has 4 unspecified atom stereocenters. The third-order valence-corrected chi connectivity index (χ3v) is 3.32. The van der Waals surface area contributed by atoms with Gasteiger partial charge in [-0.1, -0.05) is 6.92 Å². The van der Waals surface area contributed by atoms with Crippen LogP contribution in [-0.2, 0) is 9.47 Å². The molecule has 1 N–H and O–H groups in total. The summed E-state index contributed by atoms with van der Waals surface area (Å²) >= 11 is 0. The highest BCUT2D eigenvalue weighted by molar-refractivity contribution is 4.84. The van der Waals surface area contributed by atoms with Gasteiger partial charge in [-0.2, -0.15) is 0 Å². The number of aliphatic hydroxyl groups excluding tert-OH is 1. The molecule has 1 fully saturated rings. The van der Waals surface area contributed by atoms with Crippen molar-refractivity contribution in [2.75, 3.05) is 40.5 Å². The standard InChI is InChI=1S/C13H27NO3/c1-10-5-12(10)6-14(3)7-13(15)9-17-11(2)8-16-4/h10-13,15H,5-9H2,1-4H3. The first-order chi connectivity index (χ1) is 8.02. The zero-order chi connectivity index (χ0) is 12.8. The molecule has 1 aliphatic carbocycles. The van der Waals surface area contributed by atoms with E-state index in [0.717, 1.165) is 18.4 Å². The Hall–Kier alpha value is -0.160. The molecule has 1 aliphatic rings. The minimum Gasteiger partial charge on any atom is -0.389 e. The van der Waals surface area contributed by atoms with Crippen LogP contribution in [0.15, 0.2) is 0 Å². The summed E-state index contributed by atoms with van der Waals surface area (Å²) in [4.78, 5) is 2.20. The molecule has 0 aromatic carbocycles. The van der Waals surface area contributed by atoms with Crippen molar-refractivity contribution < 1.29 is 14.6 Å². The van der Waals surface area contributed by atoms with Crippen molar-refractivity contribution in [2.24, 2.45) is 11.8 Å². The van der Waals surface area contributed by atoms with E-state index in [1.165, 1.54) is 6.42 Å². The maximum atomic E-state index is 9.83. The van der Waals surface area contributed by atoms with Crippen LogP contribution < -0.4 is 0 Å². The van der Waals surface area contributed by atoms with Crippen LogP contribution >= 0.6 is 0 Å². The van der Waals surface area contributed by atoms with Gasteiger partial charge in [-0.3, -0.25) is 0 Å². The van der Waals surface area contributed by atoms with Gasteiger partial charge in [-0.05, 0) is 32.2 Å². The van der Waals surface area contributed by atoms with Crippen molar-refractivity contribution in [3.8, 4) is 0 Å². The smallest absolute Gasteiger partial charge is 0.0900 e. The molecule has 0 saturated heterocycles. The molecule has 1 saturated carbocycles. The fraction of sp³-hybridized carbons (Fsp3) is 1.00. The second-order valence-corrected chi connectivity index (χ2v) is 5.45. The summed E-state index contributed by atoms with van der Waals surface area (Å²) in [7, 11) is 3.72. The molecule has 4 heteroatoms. The Morgan fingerprint density at radius 2 is 2.06 bits per heavy atom. The lowest BCUT2D eigenvalue weighted by Crippen LogP contribution is -2.34. The minimum absolute atomic E-state index is 0.0448. The van der Waals surface area contributed by atoms with Gasteiger partial charge in [0.25, 0.3) is 0 Å². The molecule has 0 spiro atoms. The predicted molar refractivity (Wildman–Crippen MR) is 68.1 cm³/mol. The Bertz CT molecular complexity index is 213. The molecular formula is C13H27NO3. The van der Waals surface area contributed by atoms with E-state index in [1.54, 1.807) is 7.11 Å². The third kappa shape index (κ3) is 6.36. The number of likely N-dealkylation sites (N-methyl/N-ethyl adjacent to an activating group) is 1. The molecule has 1 rings (SSSR count). The lowest BCUT2D eigenvalue weighted by molar-refractivity contribution is -0.0383. The largest absolute Gasteiger partial charge is 0.389 e. The average Bonchev–Trinajstić information content (AvgIpc) is 2.91. The minimum atomic E-state index is -0.409. The Balaban J connectivity index is 2.04. The monoisotopic (exact) mass is 245 g/mol. The van der Waals surface area contributed by atoms with Crippen molar-refractivity contribution in [1.82, 2.24) is 4.90 Å². The molecule has 0 heterocycles. The predicted octanol–water partition coefficient (Wildman–Crippen LogP) is 0.987. The van der Waals surface area contributed by atoms with E-state index in [1.807, 2.05) is 6.92 Å². The quantitative estimate of drug-likeness (QED) is 0.658. The van der Waals surface area contributed by atoms with Crippen LogP contribution in [0.4, 0.5) is 0 Å². The van der Waals surface area contributed by atoms with E-state index < -0.39 is 6.10 Å². The molecule has 102 valence electrons. The highest BCUT2D eigenvalue weighted by atomic mass is 16.5. The summed E-state index contributed by atoms with van der Waals surface area (Å²) in [6, 6.07) is 0. The second-order valence-electron chi connectivity index (χ2n) is 5.45. The molecule has 0 aliphatic heterocycles. The topological polar surface area (TPSA) is 41.9 Å². The van der Waals surface area contributed by atoms with E-state index in [9.17, 15) is 5.11 Å². The number of aliphatic hydroxyl groups is 1. The molecule has 4 nitrogen and oxygen atoms in total. The van der Waals surface area contributed by atoms with Gasteiger partial charge < -0.3 is 19.5 Å². The molecule has 17 heavy (non-hydrogen) atoms. The zero-order valence-corrected chi connectivity index (χ0v) is 11.6. The van der Waals surface area contributed by atoms with Crippen LogP contribution in [0.25, 0.3) is 0 Å². The van der Waals surface area contributed by atoms with Crippen LogP contribution in [0.5, 0.6) is 0 Å². The van der Waals surface area contributed by atoms with E-state index in [-0.39, 0.29) is 6.10 Å². The van der Waals surface area contributed by atoms with Gasteiger partial charge >= 0.3 is 0 Å². The maximum absolute atomic E-state index is 9.83. The average molecular weight is 245 g/mol. The van der Waals surface area contributed by atoms with Crippen molar-refractivity contribution in [3.05, 3.63) is 0 Å². The zero-order valence-electron chi connectivity index (χ0n) is 11.6. The van der Waals surface area contributed by atoms with E-state index >= 15 is 0 Å². The number of rotatable bonds is 9. The Morgan fingerprint density at radius 1 is 1.41 bits per heavy atom. The molecule has 0 bridgehead atoms. The van der Waals surface area contributed by atoms with Crippen molar-refractivity contribution >= 4 is 0 Å². The molecule has 0 aromatic rings. The molecular weight excluding hydrogens is 218 g/mol. The van der Waals surface area contributed by atoms with Crippen LogP contribution in [0.2, 0.25) is 0 Å². The van der Waals surface area contributed by atoms with Crippen molar-refractivity contribution in [2.45, 2.75) is 32.5 Å². The van der Waals surface area contributed by atoms with Crippen LogP contribution in [0, 0.1) is 11.8 Å². The third-order valence-electron chi connectivity index (χ3n) is 3.32. The fourth-order valence-electron chi connectivity index (χ4n) is 2.10. The lowest BCUT2D eigenvalue weighted by Gasteiger charge is -2.21. The van der Waals surface area contributed by atoms with Gasteiger partial charge in [0.15, 0.2) is 0 Å². The normalized spacial score (nSPS) is 27.2. The summed E-state index contributed by atoms with van der Waals surface area (Å²) in [5.74, 6) is 1.70. The highest BCUT2D eigenvalue weighted by Crippen LogP contribution is 2.37. The maximum Gasteiger partial charge on any atom is 0.0900 e. The van der Waals surface area contributed by atoms with Crippen LogP contribution in [-0.4, -0.2) is 62.7 Å². The second kappa shape index (κ2) is 7.31. The number of ether oxygens (including phenoxy) is 2. The first kappa shape index (κ1) is 14.9. The number of methoxy groups -OCH3 is 1. The number of hydrogen-bond donors (Lipinski definition) is 1. The van der Waals surface area contributed by atoms with Crippen molar-refractivity contribution in [3.63, 3.8) is 0 Å². The Labute approximate surface area is 105 Å². The Morgan fingerprint density at radius 3 is 2.59 bits per heavy atom. The first-order valence-electron chi connectivity index (χ1n) is 6.50. The molecule has 0 aromatic heterocycles. The Kier molecular flexibility index (Phi) is 6.41. The van der Waals surface area contributed by atoms with Gasteiger partial charge in [-0.15, -0.1) is 0 Å². The van der Waals surface area contributed by atoms with E-state index in [4.69, 9.17) is 9.47 Å². The number of nitrogens with zero attached hydrogens (tertiary/aromatic N) is 1. The first-order valence-corrected chi connectivity index (χ1v) is 6.50. The van der Waals surface area contributed by atoms with E-state index in [0.29, 0.717) is 19.8 Å². The summed E-state index contributed by atoms with van der Waals surface area (Å²) in [6.45, 7) is 6.96.